The normalized spacial score (nSPS) is 10.5. The van der Waals surface area contributed by atoms with Crippen molar-refractivity contribution >= 4 is 29.5 Å². The van der Waals surface area contributed by atoms with Crippen molar-refractivity contribution in [2.24, 2.45) is 5.41 Å². The van der Waals surface area contributed by atoms with Gasteiger partial charge in [0.2, 0.25) is 5.91 Å². The van der Waals surface area contributed by atoms with Crippen molar-refractivity contribution in [1.29, 1.82) is 0 Å². The Balaban J connectivity index is 4.15. The average molecular weight is 263 g/mol. The van der Waals surface area contributed by atoms with Gasteiger partial charge in [0.05, 0.1) is 12.0 Å². The number of halogens is 1. The number of carboxylic acids is 1. The topological polar surface area (TPSA) is 95.5 Å². The quantitative estimate of drug-likeness (QED) is 0.690. The van der Waals surface area contributed by atoms with E-state index in [0.29, 0.717) is 0 Å². The number of carbonyl (C=O) groups excluding carboxylic acids is 2. The Morgan fingerprint density at radius 2 is 1.88 bits per heavy atom. The molecular formula is C10H15ClN2O4. The second kappa shape index (κ2) is 6.24. The van der Waals surface area contributed by atoms with E-state index in [0.717, 1.165) is 0 Å². The molecule has 6 nitrogen and oxygen atoms in total. The number of aliphatic carboxylic acids is 1. The Morgan fingerprint density at radius 1 is 1.35 bits per heavy atom. The van der Waals surface area contributed by atoms with E-state index in [1.807, 2.05) is 5.32 Å². The summed E-state index contributed by atoms with van der Waals surface area (Å²) >= 11 is 5.41. The number of carbonyl (C=O) groups is 3. The number of nitrogens with one attached hydrogen (secondary N) is 2. The maximum Gasteiger partial charge on any atom is 0.321 e. The van der Waals surface area contributed by atoms with Crippen molar-refractivity contribution in [2.75, 3.05) is 6.54 Å². The highest BCUT2D eigenvalue weighted by Gasteiger charge is 2.30. The van der Waals surface area contributed by atoms with Crippen LogP contribution in [0.5, 0.6) is 0 Å². The third-order valence-corrected chi connectivity index (χ3v) is 2.01. The molecule has 96 valence electrons. The zero-order valence-corrected chi connectivity index (χ0v) is 10.4. The molecule has 0 fully saturated rings. The van der Waals surface area contributed by atoms with Gasteiger partial charge >= 0.3 is 12.0 Å². The van der Waals surface area contributed by atoms with Crippen molar-refractivity contribution in [1.82, 2.24) is 10.6 Å². The predicted octanol–water partition coefficient (Wildman–Crippen LogP) is 1.07. The molecule has 3 amide bonds. The molecule has 0 aromatic carbocycles. The van der Waals surface area contributed by atoms with Crippen LogP contribution in [0.3, 0.4) is 0 Å². The van der Waals surface area contributed by atoms with Crippen LogP contribution in [0.15, 0.2) is 11.6 Å². The smallest absolute Gasteiger partial charge is 0.321 e. The number of hydrogen-bond donors (Lipinski definition) is 3. The highest BCUT2D eigenvalue weighted by Crippen LogP contribution is 2.19. The monoisotopic (exact) mass is 262 g/mol. The van der Waals surface area contributed by atoms with E-state index in [-0.39, 0.29) is 18.0 Å². The molecule has 0 radical (unpaired) electrons. The van der Waals surface area contributed by atoms with Crippen LogP contribution in [0.2, 0.25) is 0 Å². The minimum atomic E-state index is -1.22. The highest BCUT2D eigenvalue weighted by atomic mass is 35.5. The van der Waals surface area contributed by atoms with Crippen LogP contribution in [-0.4, -0.2) is 29.6 Å². The number of amides is 3. The predicted molar refractivity (Wildman–Crippen MR) is 62.6 cm³/mol. The van der Waals surface area contributed by atoms with Crippen LogP contribution < -0.4 is 10.6 Å². The van der Waals surface area contributed by atoms with Crippen molar-refractivity contribution in [3.05, 3.63) is 11.6 Å². The Bertz CT molecular complexity index is 352. The van der Waals surface area contributed by atoms with Crippen molar-refractivity contribution < 1.29 is 19.5 Å². The molecule has 0 bridgehead atoms. The summed E-state index contributed by atoms with van der Waals surface area (Å²) < 4.78 is 0. The maximum absolute atomic E-state index is 11.3. The van der Waals surface area contributed by atoms with Gasteiger partial charge in [-0.25, -0.2) is 4.79 Å². The summed E-state index contributed by atoms with van der Waals surface area (Å²) in [6.45, 7) is 6.17. The van der Waals surface area contributed by atoms with Gasteiger partial charge in [0.1, 0.15) is 0 Å². The largest absolute Gasteiger partial charge is 0.481 e. The second-order valence-corrected chi connectivity index (χ2v) is 4.65. The van der Waals surface area contributed by atoms with Crippen molar-refractivity contribution in [3.63, 3.8) is 0 Å². The lowest BCUT2D eigenvalue weighted by molar-refractivity contribution is -0.149. The number of imide groups is 1. The summed E-state index contributed by atoms with van der Waals surface area (Å²) in [5.74, 6) is -1.78. The minimum absolute atomic E-state index is 0.0307. The van der Waals surface area contributed by atoms with Crippen molar-refractivity contribution in [2.45, 2.75) is 20.3 Å². The molecule has 0 rings (SSSR count). The highest BCUT2D eigenvalue weighted by molar-refractivity contribution is 6.29. The molecule has 0 unspecified atom stereocenters. The van der Waals surface area contributed by atoms with E-state index in [1.165, 1.54) is 13.8 Å². The van der Waals surface area contributed by atoms with Crippen LogP contribution in [0.4, 0.5) is 4.79 Å². The Morgan fingerprint density at radius 3 is 2.29 bits per heavy atom. The van der Waals surface area contributed by atoms with E-state index in [2.05, 4.69) is 11.9 Å². The van der Waals surface area contributed by atoms with Gasteiger partial charge in [-0.05, 0) is 13.8 Å². The fraction of sp³-hybridized carbons (Fsp3) is 0.500. The van der Waals surface area contributed by atoms with E-state index in [9.17, 15) is 14.4 Å². The first-order valence-corrected chi connectivity index (χ1v) is 5.17. The standard InChI is InChI=1S/C10H15ClN2O4/c1-6(11)5-12-9(17)13-7(14)4-10(2,3)8(15)16/h1,4-5H2,2-3H3,(H,15,16)(H2,12,13,14,17). The molecule has 17 heavy (non-hydrogen) atoms. The summed E-state index contributed by atoms with van der Waals surface area (Å²) in [5.41, 5.74) is -1.22. The lowest BCUT2D eigenvalue weighted by atomic mass is 9.89. The molecule has 0 heterocycles. The lowest BCUT2D eigenvalue weighted by Crippen LogP contribution is -2.42. The molecule has 0 aliphatic heterocycles. The van der Waals surface area contributed by atoms with E-state index in [1.54, 1.807) is 0 Å². The molecule has 7 heteroatoms. The molecule has 0 aromatic heterocycles. The maximum atomic E-state index is 11.3. The summed E-state index contributed by atoms with van der Waals surface area (Å²) in [6, 6.07) is -0.738. The number of rotatable bonds is 5. The summed E-state index contributed by atoms with van der Waals surface area (Å²) in [6.07, 6.45) is -0.294. The molecule has 0 aliphatic rings. The third-order valence-electron chi connectivity index (χ3n) is 1.88. The Hall–Kier alpha value is -1.56. The SMILES string of the molecule is C=C(Cl)CNC(=O)NC(=O)CC(C)(C)C(=O)O. The summed E-state index contributed by atoms with van der Waals surface area (Å²) in [4.78, 5) is 33.2. The molecule has 0 aliphatic carbocycles. The zero-order valence-electron chi connectivity index (χ0n) is 9.67. The molecule has 0 saturated carbocycles. The molecule has 0 saturated heterocycles. The zero-order chi connectivity index (χ0) is 13.6. The third kappa shape index (κ3) is 6.57. The van der Waals surface area contributed by atoms with Crippen LogP contribution in [-0.2, 0) is 9.59 Å². The van der Waals surface area contributed by atoms with Gasteiger partial charge in [-0.15, -0.1) is 0 Å². The van der Waals surface area contributed by atoms with Gasteiger partial charge in [-0.3, -0.25) is 14.9 Å². The first-order chi connectivity index (χ1) is 7.65. The van der Waals surface area contributed by atoms with Gasteiger partial charge in [0.25, 0.3) is 0 Å². The lowest BCUT2D eigenvalue weighted by Gasteiger charge is -2.17. The molecule has 0 atom stereocenters. The fourth-order valence-corrected chi connectivity index (χ4v) is 0.935. The number of hydrogen-bond acceptors (Lipinski definition) is 3. The molecule has 0 aromatic rings. The van der Waals surface area contributed by atoms with Crippen LogP contribution in [0, 0.1) is 5.41 Å². The number of carboxylic acid groups (broad SMARTS) is 1. The van der Waals surface area contributed by atoms with Gasteiger partial charge in [-0.1, -0.05) is 18.2 Å². The van der Waals surface area contributed by atoms with Gasteiger partial charge < -0.3 is 10.4 Å². The van der Waals surface area contributed by atoms with E-state index < -0.39 is 23.3 Å². The fourth-order valence-electron chi connectivity index (χ4n) is 0.868. The summed E-state index contributed by atoms with van der Waals surface area (Å²) in [5, 5.41) is 13.3. The molecule has 3 N–H and O–H groups in total. The molecular weight excluding hydrogens is 248 g/mol. The Labute approximate surface area is 104 Å². The minimum Gasteiger partial charge on any atom is -0.481 e. The average Bonchev–Trinajstić information content (AvgIpc) is 2.13. The Kier molecular flexibility index (Phi) is 5.67. The number of urea groups is 1. The molecule has 0 spiro atoms. The summed E-state index contributed by atoms with van der Waals surface area (Å²) in [7, 11) is 0. The van der Waals surface area contributed by atoms with Crippen LogP contribution >= 0.6 is 11.6 Å². The first-order valence-electron chi connectivity index (χ1n) is 4.79. The second-order valence-electron chi connectivity index (χ2n) is 4.11. The first kappa shape index (κ1) is 15.4. The van der Waals surface area contributed by atoms with E-state index in [4.69, 9.17) is 16.7 Å². The van der Waals surface area contributed by atoms with Gasteiger partial charge in [0, 0.05) is 11.5 Å². The van der Waals surface area contributed by atoms with E-state index >= 15 is 0 Å². The van der Waals surface area contributed by atoms with Crippen LogP contribution in [0.25, 0.3) is 0 Å². The van der Waals surface area contributed by atoms with Gasteiger partial charge in [0.15, 0.2) is 0 Å². The van der Waals surface area contributed by atoms with Gasteiger partial charge in [-0.2, -0.15) is 0 Å². The van der Waals surface area contributed by atoms with Crippen molar-refractivity contribution in [3.8, 4) is 0 Å². The van der Waals surface area contributed by atoms with Crippen LogP contribution in [0.1, 0.15) is 20.3 Å².